The van der Waals surface area contributed by atoms with Crippen molar-refractivity contribution < 1.29 is 9.18 Å². The summed E-state index contributed by atoms with van der Waals surface area (Å²) in [6.45, 7) is 4.35. The standard InChI is InChI=1S/C18H18ClFN6O/c1-11-24-15(10-16(25-11)26-9-8-21-12(26)2)22-6-7-23-18(27)17-13(19)4-3-5-14(17)20/h3-5,8-10H,6-7H2,1-2H3,(H,23,27)(H,22,24,25). The van der Waals surface area contributed by atoms with Crippen LogP contribution in [0.2, 0.25) is 5.02 Å². The van der Waals surface area contributed by atoms with Crippen LogP contribution < -0.4 is 10.6 Å². The summed E-state index contributed by atoms with van der Waals surface area (Å²) in [6.07, 6.45) is 3.52. The smallest absolute Gasteiger partial charge is 0.255 e. The van der Waals surface area contributed by atoms with Crippen molar-refractivity contribution in [1.82, 2.24) is 24.8 Å². The van der Waals surface area contributed by atoms with Crippen molar-refractivity contribution in [3.63, 3.8) is 0 Å². The van der Waals surface area contributed by atoms with Gasteiger partial charge in [0.15, 0.2) is 0 Å². The van der Waals surface area contributed by atoms with Gasteiger partial charge in [-0.1, -0.05) is 17.7 Å². The number of carbonyl (C=O) groups excluding carboxylic acids is 1. The molecule has 140 valence electrons. The van der Waals surface area contributed by atoms with Crippen molar-refractivity contribution in [3.05, 3.63) is 64.7 Å². The molecular formula is C18H18ClFN6O. The summed E-state index contributed by atoms with van der Waals surface area (Å²) in [5, 5.41) is 5.83. The van der Waals surface area contributed by atoms with E-state index in [9.17, 15) is 9.18 Å². The molecule has 0 aliphatic heterocycles. The molecule has 1 aromatic carbocycles. The minimum atomic E-state index is -0.653. The zero-order chi connectivity index (χ0) is 19.4. The normalized spacial score (nSPS) is 10.7. The molecule has 2 heterocycles. The fourth-order valence-electron chi connectivity index (χ4n) is 2.56. The number of anilines is 1. The maximum atomic E-state index is 13.7. The highest BCUT2D eigenvalue weighted by atomic mass is 35.5. The average Bonchev–Trinajstić information content (AvgIpc) is 3.04. The maximum Gasteiger partial charge on any atom is 0.255 e. The number of halogens is 2. The molecule has 3 rings (SSSR count). The lowest BCUT2D eigenvalue weighted by molar-refractivity contribution is 0.0951. The second kappa shape index (κ2) is 8.13. The predicted molar refractivity (Wildman–Crippen MR) is 101 cm³/mol. The first-order valence-electron chi connectivity index (χ1n) is 8.28. The highest BCUT2D eigenvalue weighted by Crippen LogP contribution is 2.18. The summed E-state index contributed by atoms with van der Waals surface area (Å²) >= 11 is 5.89. The van der Waals surface area contributed by atoms with E-state index >= 15 is 0 Å². The average molecular weight is 389 g/mol. The summed E-state index contributed by atoms with van der Waals surface area (Å²) < 4.78 is 15.6. The highest BCUT2D eigenvalue weighted by Gasteiger charge is 2.15. The topological polar surface area (TPSA) is 84.7 Å². The number of hydrogen-bond acceptors (Lipinski definition) is 5. The molecule has 0 unspecified atom stereocenters. The van der Waals surface area contributed by atoms with Crippen LogP contribution in [0.4, 0.5) is 10.2 Å². The third-order valence-corrected chi connectivity index (χ3v) is 4.12. The Balaban J connectivity index is 1.60. The van der Waals surface area contributed by atoms with E-state index in [2.05, 4.69) is 25.6 Å². The summed E-state index contributed by atoms with van der Waals surface area (Å²) in [5.74, 6) is 1.51. The number of benzene rings is 1. The lowest BCUT2D eigenvalue weighted by atomic mass is 10.2. The van der Waals surface area contributed by atoms with Gasteiger partial charge in [0.2, 0.25) is 0 Å². The number of imidazole rings is 1. The maximum absolute atomic E-state index is 13.7. The molecular weight excluding hydrogens is 371 g/mol. The van der Waals surface area contributed by atoms with E-state index in [0.29, 0.717) is 24.0 Å². The van der Waals surface area contributed by atoms with E-state index in [0.717, 1.165) is 5.82 Å². The molecule has 0 aliphatic rings. The van der Waals surface area contributed by atoms with E-state index in [4.69, 9.17) is 11.6 Å². The number of aryl methyl sites for hydroxylation is 2. The summed E-state index contributed by atoms with van der Waals surface area (Å²) in [4.78, 5) is 25.0. The molecule has 0 bridgehead atoms. The molecule has 3 aromatic rings. The highest BCUT2D eigenvalue weighted by molar-refractivity contribution is 6.33. The Morgan fingerprint density at radius 3 is 2.78 bits per heavy atom. The molecule has 1 amide bonds. The molecule has 2 aromatic heterocycles. The van der Waals surface area contributed by atoms with Crippen LogP contribution in [0, 0.1) is 19.7 Å². The zero-order valence-corrected chi connectivity index (χ0v) is 15.6. The lowest BCUT2D eigenvalue weighted by Gasteiger charge is -2.11. The number of hydrogen-bond donors (Lipinski definition) is 2. The van der Waals surface area contributed by atoms with Crippen molar-refractivity contribution >= 4 is 23.3 Å². The van der Waals surface area contributed by atoms with Crippen LogP contribution >= 0.6 is 11.6 Å². The Hall–Kier alpha value is -3.00. The van der Waals surface area contributed by atoms with Crippen molar-refractivity contribution in [1.29, 1.82) is 0 Å². The van der Waals surface area contributed by atoms with Gasteiger partial charge in [-0.3, -0.25) is 9.36 Å². The number of aromatic nitrogens is 4. The SMILES string of the molecule is Cc1nc(NCCNC(=O)c2c(F)cccc2Cl)cc(-n2ccnc2C)n1. The lowest BCUT2D eigenvalue weighted by Crippen LogP contribution is -2.29. The molecule has 9 heteroatoms. The predicted octanol–water partition coefficient (Wildman–Crippen LogP) is 2.91. The van der Waals surface area contributed by atoms with Crippen LogP contribution in [0.5, 0.6) is 0 Å². The van der Waals surface area contributed by atoms with E-state index in [1.165, 1.54) is 18.2 Å². The number of nitrogens with zero attached hydrogens (tertiary/aromatic N) is 4. The number of carbonyl (C=O) groups is 1. The van der Waals surface area contributed by atoms with Crippen LogP contribution in [-0.2, 0) is 0 Å². The first kappa shape index (κ1) is 18.8. The van der Waals surface area contributed by atoms with Gasteiger partial charge in [0.1, 0.15) is 29.1 Å². The fourth-order valence-corrected chi connectivity index (χ4v) is 2.80. The molecule has 0 radical (unpaired) electrons. The van der Waals surface area contributed by atoms with Gasteiger partial charge in [-0.2, -0.15) is 0 Å². The quantitative estimate of drug-likeness (QED) is 0.634. The molecule has 0 atom stereocenters. The molecule has 27 heavy (non-hydrogen) atoms. The van der Waals surface area contributed by atoms with Crippen LogP contribution in [0.25, 0.3) is 5.82 Å². The van der Waals surface area contributed by atoms with E-state index in [1.54, 1.807) is 19.2 Å². The molecule has 0 fully saturated rings. The molecule has 7 nitrogen and oxygen atoms in total. The third-order valence-electron chi connectivity index (χ3n) is 3.80. The first-order valence-corrected chi connectivity index (χ1v) is 8.65. The Bertz CT molecular complexity index is 954. The van der Waals surface area contributed by atoms with Crippen molar-refractivity contribution in [2.24, 2.45) is 0 Å². The second-order valence-corrected chi connectivity index (χ2v) is 6.19. The molecule has 0 saturated carbocycles. The summed E-state index contributed by atoms with van der Waals surface area (Å²) in [6, 6.07) is 5.91. The Labute approximate surface area is 160 Å². The van der Waals surface area contributed by atoms with Crippen molar-refractivity contribution in [3.8, 4) is 5.82 Å². The van der Waals surface area contributed by atoms with Gasteiger partial charge in [-0.15, -0.1) is 0 Å². The minimum absolute atomic E-state index is 0.0761. The number of amides is 1. The second-order valence-electron chi connectivity index (χ2n) is 5.78. The largest absolute Gasteiger partial charge is 0.368 e. The Kier molecular flexibility index (Phi) is 5.66. The summed E-state index contributed by atoms with van der Waals surface area (Å²) in [7, 11) is 0. The van der Waals surface area contributed by atoms with Gasteiger partial charge < -0.3 is 10.6 Å². The van der Waals surface area contributed by atoms with Crippen LogP contribution in [0.15, 0.2) is 36.7 Å². The van der Waals surface area contributed by atoms with E-state index in [-0.39, 0.29) is 17.1 Å². The summed E-state index contributed by atoms with van der Waals surface area (Å²) in [5.41, 5.74) is -0.157. The third kappa shape index (κ3) is 4.40. The van der Waals surface area contributed by atoms with Crippen LogP contribution in [-0.4, -0.2) is 38.5 Å². The number of rotatable bonds is 6. The van der Waals surface area contributed by atoms with Crippen LogP contribution in [0.1, 0.15) is 22.0 Å². The Morgan fingerprint density at radius 1 is 1.26 bits per heavy atom. The van der Waals surface area contributed by atoms with E-state index in [1.807, 2.05) is 17.7 Å². The van der Waals surface area contributed by atoms with E-state index < -0.39 is 11.7 Å². The first-order chi connectivity index (χ1) is 13.0. The van der Waals surface area contributed by atoms with Gasteiger partial charge in [-0.05, 0) is 26.0 Å². The zero-order valence-electron chi connectivity index (χ0n) is 14.8. The monoisotopic (exact) mass is 388 g/mol. The van der Waals surface area contributed by atoms with Crippen molar-refractivity contribution in [2.45, 2.75) is 13.8 Å². The van der Waals surface area contributed by atoms with Gasteiger partial charge in [0.05, 0.1) is 10.6 Å². The Morgan fingerprint density at radius 2 is 2.07 bits per heavy atom. The molecule has 0 aliphatic carbocycles. The van der Waals surface area contributed by atoms with Crippen molar-refractivity contribution in [2.75, 3.05) is 18.4 Å². The minimum Gasteiger partial charge on any atom is -0.368 e. The van der Waals surface area contributed by atoms with Crippen LogP contribution in [0.3, 0.4) is 0 Å². The fraction of sp³-hybridized carbons (Fsp3) is 0.222. The molecule has 0 spiro atoms. The van der Waals surface area contributed by atoms with Gasteiger partial charge in [0, 0.05) is 31.5 Å². The molecule has 0 saturated heterocycles. The van der Waals surface area contributed by atoms with Gasteiger partial charge in [-0.25, -0.2) is 19.3 Å². The van der Waals surface area contributed by atoms with Gasteiger partial charge in [0.25, 0.3) is 5.91 Å². The van der Waals surface area contributed by atoms with Gasteiger partial charge >= 0.3 is 0 Å². The number of nitrogens with one attached hydrogen (secondary N) is 2. The molecule has 2 N–H and O–H groups in total.